The number of benzene rings is 2. The number of nitrogens with one attached hydrogen (secondary N) is 1. The molecule has 1 aliphatic rings. The first kappa shape index (κ1) is 33.3. The summed E-state index contributed by atoms with van der Waals surface area (Å²) in [7, 11) is 3.17. The monoisotopic (exact) mass is 601 g/mol. The first-order chi connectivity index (χ1) is 19.5. The Hall–Kier alpha value is -3.23. The van der Waals surface area contributed by atoms with Gasteiger partial charge in [-0.1, -0.05) is 29.8 Å². The second kappa shape index (κ2) is 13.0. The third kappa shape index (κ3) is 8.42. The van der Waals surface area contributed by atoms with Gasteiger partial charge in [0.1, 0.15) is 11.2 Å². The zero-order valence-electron chi connectivity index (χ0n) is 26.1. The van der Waals surface area contributed by atoms with Crippen molar-refractivity contribution in [3.05, 3.63) is 69.9 Å². The van der Waals surface area contributed by atoms with Gasteiger partial charge in [-0.3, -0.25) is 4.79 Å². The second-order valence-electron chi connectivity index (χ2n) is 12.8. The number of aliphatic hydroxyl groups is 1. The van der Waals surface area contributed by atoms with Crippen molar-refractivity contribution in [3.8, 4) is 11.5 Å². The van der Waals surface area contributed by atoms with E-state index in [-0.39, 0.29) is 12.0 Å². The lowest BCUT2D eigenvalue weighted by Gasteiger charge is -2.44. The average molecular weight is 602 g/mol. The molecule has 0 aromatic heterocycles. The molecule has 9 heteroatoms. The maximum Gasteiger partial charge on any atom is 0.336 e. The van der Waals surface area contributed by atoms with Crippen LogP contribution in [0.2, 0.25) is 5.02 Å². The molecule has 0 unspecified atom stereocenters. The lowest BCUT2D eigenvalue weighted by atomic mass is 9.65. The molecule has 8 nitrogen and oxygen atoms in total. The minimum absolute atomic E-state index is 0.0154. The van der Waals surface area contributed by atoms with E-state index in [1.807, 2.05) is 18.2 Å². The van der Waals surface area contributed by atoms with Gasteiger partial charge in [-0.05, 0) is 90.3 Å². The van der Waals surface area contributed by atoms with Crippen molar-refractivity contribution in [3.63, 3.8) is 0 Å². The van der Waals surface area contributed by atoms with Gasteiger partial charge in [0.2, 0.25) is 0 Å². The molecule has 230 valence electrons. The minimum Gasteiger partial charge on any atom is -0.493 e. The van der Waals surface area contributed by atoms with Crippen molar-refractivity contribution in [2.45, 2.75) is 84.0 Å². The standard InChI is InChI=1S/C33H44ClNO7/c1-31(2,3)41-29(36)27-23(35-17-16-20-10-15-24(39-8)25(18-20)40-9)19-33(7,38)28(30(37)42-32(4,5)6)26(27)21-11-13-22(34)14-12-21/h10-15,18,26,28,35,38H,16-17,19H2,1-9H3/t26-,28-,33+/m0/s1. The van der Waals surface area contributed by atoms with Crippen molar-refractivity contribution < 1.29 is 33.6 Å². The highest BCUT2D eigenvalue weighted by Gasteiger charge is 2.53. The van der Waals surface area contributed by atoms with E-state index < -0.39 is 40.6 Å². The number of ether oxygens (including phenoxy) is 4. The Bertz CT molecular complexity index is 1300. The van der Waals surface area contributed by atoms with Gasteiger partial charge in [-0.15, -0.1) is 0 Å². The van der Waals surface area contributed by atoms with Gasteiger partial charge in [0.25, 0.3) is 0 Å². The average Bonchev–Trinajstić information content (AvgIpc) is 2.85. The Balaban J connectivity index is 2.11. The summed E-state index contributed by atoms with van der Waals surface area (Å²) in [5.41, 5.74) is -0.731. The number of esters is 2. The van der Waals surface area contributed by atoms with E-state index in [0.717, 1.165) is 5.56 Å². The van der Waals surface area contributed by atoms with Crippen LogP contribution in [-0.4, -0.2) is 54.6 Å². The molecule has 0 amide bonds. The van der Waals surface area contributed by atoms with Crippen LogP contribution >= 0.6 is 11.6 Å². The Kier molecular flexibility index (Phi) is 10.3. The lowest BCUT2D eigenvalue weighted by Crippen LogP contribution is -2.52. The van der Waals surface area contributed by atoms with Crippen molar-refractivity contribution in [1.82, 2.24) is 5.32 Å². The summed E-state index contributed by atoms with van der Waals surface area (Å²) >= 11 is 6.20. The summed E-state index contributed by atoms with van der Waals surface area (Å²) in [4.78, 5) is 27.6. The van der Waals surface area contributed by atoms with Gasteiger partial charge in [-0.25, -0.2) is 4.79 Å². The van der Waals surface area contributed by atoms with E-state index in [1.165, 1.54) is 0 Å². The van der Waals surface area contributed by atoms with Crippen LogP contribution in [0.25, 0.3) is 0 Å². The molecule has 2 aromatic carbocycles. The van der Waals surface area contributed by atoms with Gasteiger partial charge in [0, 0.05) is 29.6 Å². The molecule has 3 rings (SSSR count). The van der Waals surface area contributed by atoms with E-state index in [1.54, 1.807) is 87.0 Å². The number of methoxy groups -OCH3 is 2. The van der Waals surface area contributed by atoms with E-state index in [0.29, 0.717) is 40.7 Å². The molecule has 0 heterocycles. The van der Waals surface area contributed by atoms with Crippen LogP contribution in [0.15, 0.2) is 53.7 Å². The zero-order chi connectivity index (χ0) is 31.5. The third-order valence-corrected chi connectivity index (χ3v) is 7.13. The Morgan fingerprint density at radius 2 is 1.55 bits per heavy atom. The Labute approximate surface area is 254 Å². The van der Waals surface area contributed by atoms with Crippen LogP contribution in [0.4, 0.5) is 0 Å². The largest absolute Gasteiger partial charge is 0.493 e. The smallest absolute Gasteiger partial charge is 0.336 e. The van der Waals surface area contributed by atoms with Crippen LogP contribution in [0.1, 0.15) is 71.9 Å². The first-order valence-corrected chi connectivity index (χ1v) is 14.5. The normalized spacial score (nSPS) is 21.0. The SMILES string of the molecule is COc1ccc(CCNC2=C(C(=O)OC(C)(C)C)[C@H](c3ccc(Cl)cc3)[C@@H](C(=O)OC(C)(C)C)[C@](C)(O)C2)cc1OC. The minimum atomic E-state index is -1.55. The number of hydrogen-bond acceptors (Lipinski definition) is 8. The molecule has 0 aliphatic heterocycles. The molecular weight excluding hydrogens is 558 g/mol. The predicted molar refractivity (Wildman–Crippen MR) is 163 cm³/mol. The Morgan fingerprint density at radius 3 is 2.10 bits per heavy atom. The highest BCUT2D eigenvalue weighted by molar-refractivity contribution is 6.30. The zero-order valence-corrected chi connectivity index (χ0v) is 26.8. The third-order valence-electron chi connectivity index (χ3n) is 6.88. The molecule has 0 saturated carbocycles. The summed E-state index contributed by atoms with van der Waals surface area (Å²) in [5.74, 6) is -1.87. The molecule has 1 aliphatic carbocycles. The number of carbonyl (C=O) groups excluding carboxylic acids is 2. The number of carbonyl (C=O) groups is 2. The van der Waals surface area contributed by atoms with Crippen LogP contribution < -0.4 is 14.8 Å². The van der Waals surface area contributed by atoms with E-state index in [9.17, 15) is 14.7 Å². The van der Waals surface area contributed by atoms with Crippen molar-refractivity contribution in [2.24, 2.45) is 5.92 Å². The molecule has 2 aromatic rings. The number of hydrogen-bond donors (Lipinski definition) is 2. The fourth-order valence-electron chi connectivity index (χ4n) is 5.20. The molecule has 2 N–H and O–H groups in total. The van der Waals surface area contributed by atoms with E-state index in [2.05, 4.69) is 5.32 Å². The van der Waals surface area contributed by atoms with E-state index in [4.69, 9.17) is 30.5 Å². The van der Waals surface area contributed by atoms with Crippen molar-refractivity contribution >= 4 is 23.5 Å². The highest BCUT2D eigenvalue weighted by atomic mass is 35.5. The molecule has 3 atom stereocenters. The van der Waals surface area contributed by atoms with Crippen molar-refractivity contribution in [1.29, 1.82) is 0 Å². The lowest BCUT2D eigenvalue weighted by molar-refractivity contribution is -0.171. The summed E-state index contributed by atoms with van der Waals surface area (Å²) in [6.07, 6.45) is 0.607. The first-order valence-electron chi connectivity index (χ1n) is 14.1. The predicted octanol–water partition coefficient (Wildman–Crippen LogP) is 5.98. The molecular formula is C33H44ClNO7. The van der Waals surface area contributed by atoms with E-state index >= 15 is 0 Å². The van der Waals surface area contributed by atoms with Gasteiger partial charge in [0.05, 0.1) is 31.3 Å². The van der Waals surface area contributed by atoms with Crippen LogP contribution in [0, 0.1) is 5.92 Å². The maximum absolute atomic E-state index is 13.9. The number of rotatable bonds is 9. The topological polar surface area (TPSA) is 103 Å². The number of halogens is 1. The summed E-state index contributed by atoms with van der Waals surface area (Å²) in [6.45, 7) is 12.7. The molecule has 0 spiro atoms. The summed E-state index contributed by atoms with van der Waals surface area (Å²) < 4.78 is 22.4. The second-order valence-corrected chi connectivity index (χ2v) is 13.3. The summed E-state index contributed by atoms with van der Waals surface area (Å²) in [6, 6.07) is 12.6. The van der Waals surface area contributed by atoms with Crippen LogP contribution in [-0.2, 0) is 25.5 Å². The molecule has 0 fully saturated rings. The van der Waals surface area contributed by atoms with Gasteiger partial charge >= 0.3 is 11.9 Å². The Morgan fingerprint density at radius 1 is 0.952 bits per heavy atom. The molecule has 0 radical (unpaired) electrons. The van der Waals surface area contributed by atoms with Gasteiger partial charge in [0.15, 0.2) is 11.5 Å². The fraction of sp³-hybridized carbons (Fsp3) is 0.515. The molecule has 0 bridgehead atoms. The van der Waals surface area contributed by atoms with Crippen molar-refractivity contribution in [2.75, 3.05) is 20.8 Å². The van der Waals surface area contributed by atoms with Gasteiger partial charge in [-0.2, -0.15) is 0 Å². The van der Waals surface area contributed by atoms with Gasteiger partial charge < -0.3 is 29.4 Å². The van der Waals surface area contributed by atoms with Crippen LogP contribution in [0.3, 0.4) is 0 Å². The summed E-state index contributed by atoms with van der Waals surface area (Å²) in [5, 5.41) is 15.8. The quantitative estimate of drug-likeness (QED) is 0.338. The molecule has 42 heavy (non-hydrogen) atoms. The highest BCUT2D eigenvalue weighted by Crippen LogP contribution is 2.48. The maximum atomic E-state index is 13.9. The van der Waals surface area contributed by atoms with Crippen LogP contribution in [0.5, 0.6) is 11.5 Å². The molecule has 0 saturated heterocycles. The fourth-order valence-corrected chi connectivity index (χ4v) is 5.32.